The van der Waals surface area contributed by atoms with Crippen LogP contribution in [0.5, 0.6) is 11.5 Å². The van der Waals surface area contributed by atoms with Crippen LogP contribution in [0, 0.1) is 6.92 Å². The summed E-state index contributed by atoms with van der Waals surface area (Å²) >= 11 is 6.19. The van der Waals surface area contributed by atoms with Crippen LogP contribution in [0.25, 0.3) is 0 Å². The van der Waals surface area contributed by atoms with Crippen molar-refractivity contribution in [3.63, 3.8) is 0 Å². The second-order valence-corrected chi connectivity index (χ2v) is 6.50. The van der Waals surface area contributed by atoms with Gasteiger partial charge in [0.25, 0.3) is 5.91 Å². The fourth-order valence-corrected chi connectivity index (χ4v) is 2.56. The molecule has 0 aliphatic rings. The summed E-state index contributed by atoms with van der Waals surface area (Å²) in [6.45, 7) is 8.52. The summed E-state index contributed by atoms with van der Waals surface area (Å²) in [4.78, 5) is 12.1. The number of anilines is 1. The lowest BCUT2D eigenvalue weighted by atomic mass is 10.0. The number of hydrogen-bond donors (Lipinski definition) is 1. The van der Waals surface area contributed by atoms with Gasteiger partial charge >= 0.3 is 0 Å². The molecule has 0 bridgehead atoms. The number of hydrogen-bond acceptors (Lipinski definition) is 3. The Balaban J connectivity index is 1.99. The van der Waals surface area contributed by atoms with E-state index in [-0.39, 0.29) is 18.4 Å². The molecule has 0 spiro atoms. The summed E-state index contributed by atoms with van der Waals surface area (Å²) in [6, 6.07) is 11.0. The van der Waals surface area contributed by atoms with Gasteiger partial charge in [0.2, 0.25) is 0 Å². The summed E-state index contributed by atoms with van der Waals surface area (Å²) in [5.41, 5.74) is 2.62. The summed E-state index contributed by atoms with van der Waals surface area (Å²) < 4.78 is 11.1. The van der Waals surface area contributed by atoms with Crippen LogP contribution < -0.4 is 14.8 Å². The Morgan fingerprint density at radius 2 is 1.84 bits per heavy atom. The Morgan fingerprint density at radius 1 is 1.16 bits per heavy atom. The lowest BCUT2D eigenvalue weighted by molar-refractivity contribution is -0.118. The maximum Gasteiger partial charge on any atom is 0.262 e. The molecule has 2 rings (SSSR count). The molecule has 0 saturated carbocycles. The van der Waals surface area contributed by atoms with Gasteiger partial charge in [-0.05, 0) is 67.3 Å². The molecular weight excluding hydrogens is 338 g/mol. The molecule has 5 heteroatoms. The van der Waals surface area contributed by atoms with Gasteiger partial charge < -0.3 is 14.8 Å². The van der Waals surface area contributed by atoms with E-state index >= 15 is 0 Å². The van der Waals surface area contributed by atoms with Crippen molar-refractivity contribution in [2.75, 3.05) is 18.5 Å². The number of carbonyl (C=O) groups excluding carboxylic acids is 1. The van der Waals surface area contributed by atoms with Gasteiger partial charge in [0.05, 0.1) is 6.61 Å². The molecule has 134 valence electrons. The van der Waals surface area contributed by atoms with Crippen molar-refractivity contribution in [1.82, 2.24) is 0 Å². The topological polar surface area (TPSA) is 47.6 Å². The average molecular weight is 362 g/mol. The smallest absolute Gasteiger partial charge is 0.262 e. The highest BCUT2D eigenvalue weighted by Gasteiger charge is 2.13. The molecule has 0 aliphatic carbocycles. The van der Waals surface area contributed by atoms with Crippen LogP contribution in [0.1, 0.15) is 37.8 Å². The first kappa shape index (κ1) is 19.1. The van der Waals surface area contributed by atoms with E-state index < -0.39 is 0 Å². The summed E-state index contributed by atoms with van der Waals surface area (Å²) in [7, 11) is 0. The molecule has 0 saturated heterocycles. The van der Waals surface area contributed by atoms with Crippen molar-refractivity contribution in [3.05, 3.63) is 52.5 Å². The van der Waals surface area contributed by atoms with Gasteiger partial charge in [-0.3, -0.25) is 4.79 Å². The van der Waals surface area contributed by atoms with E-state index in [2.05, 4.69) is 19.2 Å². The molecule has 0 heterocycles. The lowest BCUT2D eigenvalue weighted by Gasteiger charge is -2.16. The molecule has 2 aromatic rings. The number of aryl methyl sites for hydroxylation is 1. The zero-order chi connectivity index (χ0) is 18.4. The number of benzene rings is 2. The second-order valence-electron chi connectivity index (χ2n) is 6.09. The lowest BCUT2D eigenvalue weighted by Crippen LogP contribution is -2.20. The third kappa shape index (κ3) is 5.40. The van der Waals surface area contributed by atoms with Gasteiger partial charge in [-0.1, -0.05) is 25.4 Å². The molecule has 0 unspecified atom stereocenters. The molecule has 4 nitrogen and oxygen atoms in total. The van der Waals surface area contributed by atoms with E-state index in [9.17, 15) is 4.79 Å². The molecule has 0 radical (unpaired) electrons. The van der Waals surface area contributed by atoms with Crippen molar-refractivity contribution >= 4 is 23.2 Å². The van der Waals surface area contributed by atoms with Crippen LogP contribution in [-0.4, -0.2) is 19.1 Å². The molecule has 0 atom stereocenters. The first-order chi connectivity index (χ1) is 11.9. The largest absolute Gasteiger partial charge is 0.494 e. The first-order valence-corrected chi connectivity index (χ1v) is 8.74. The van der Waals surface area contributed by atoms with Crippen molar-refractivity contribution in [3.8, 4) is 11.5 Å². The van der Waals surface area contributed by atoms with Crippen LogP contribution in [0.15, 0.2) is 36.4 Å². The Hall–Kier alpha value is -2.20. The predicted octanol–water partition coefficient (Wildman–Crippen LogP) is 5.19. The summed E-state index contributed by atoms with van der Waals surface area (Å²) in [6.07, 6.45) is 0. The van der Waals surface area contributed by atoms with Crippen molar-refractivity contribution < 1.29 is 14.3 Å². The van der Waals surface area contributed by atoms with Crippen molar-refractivity contribution in [1.29, 1.82) is 0 Å². The SMILES string of the molecule is CCOc1ccc(NC(=O)COc2cc(C)c(Cl)cc2C(C)C)cc1. The average Bonchev–Trinajstić information content (AvgIpc) is 2.57. The van der Waals surface area contributed by atoms with Crippen molar-refractivity contribution in [2.24, 2.45) is 0 Å². The normalized spacial score (nSPS) is 10.6. The van der Waals surface area contributed by atoms with E-state index in [1.165, 1.54) is 0 Å². The zero-order valence-electron chi connectivity index (χ0n) is 15.1. The third-order valence-electron chi connectivity index (χ3n) is 3.72. The maximum absolute atomic E-state index is 12.1. The fourth-order valence-electron chi connectivity index (χ4n) is 2.39. The van der Waals surface area contributed by atoms with Gasteiger partial charge in [-0.15, -0.1) is 0 Å². The molecule has 0 fully saturated rings. The highest BCUT2D eigenvalue weighted by Crippen LogP contribution is 2.32. The van der Waals surface area contributed by atoms with Crippen LogP contribution in [-0.2, 0) is 4.79 Å². The van der Waals surface area contributed by atoms with E-state index in [4.69, 9.17) is 21.1 Å². The van der Waals surface area contributed by atoms with Crippen LogP contribution in [0.3, 0.4) is 0 Å². The van der Waals surface area contributed by atoms with Crippen molar-refractivity contribution in [2.45, 2.75) is 33.6 Å². The molecule has 0 aliphatic heterocycles. The Labute approximate surface area is 154 Å². The Morgan fingerprint density at radius 3 is 2.44 bits per heavy atom. The number of ether oxygens (including phenoxy) is 2. The van der Waals surface area contributed by atoms with E-state index in [0.29, 0.717) is 23.1 Å². The fraction of sp³-hybridized carbons (Fsp3) is 0.350. The number of rotatable bonds is 7. The zero-order valence-corrected chi connectivity index (χ0v) is 15.8. The molecule has 1 amide bonds. The van der Waals surface area contributed by atoms with Crippen LogP contribution >= 0.6 is 11.6 Å². The van der Waals surface area contributed by atoms with E-state index in [1.807, 2.05) is 38.1 Å². The van der Waals surface area contributed by atoms with Crippen LogP contribution in [0.4, 0.5) is 5.69 Å². The van der Waals surface area contributed by atoms with E-state index in [1.54, 1.807) is 12.1 Å². The minimum atomic E-state index is -0.216. The Bertz CT molecular complexity index is 726. The minimum absolute atomic E-state index is 0.0615. The second kappa shape index (κ2) is 8.77. The third-order valence-corrected chi connectivity index (χ3v) is 4.13. The van der Waals surface area contributed by atoms with Gasteiger partial charge in [-0.2, -0.15) is 0 Å². The molecular formula is C20H24ClNO3. The van der Waals surface area contributed by atoms with Gasteiger partial charge in [0.1, 0.15) is 11.5 Å². The standard InChI is InChI=1S/C20H24ClNO3/c1-5-24-16-8-6-15(7-9-16)22-20(23)12-25-19-10-14(4)18(21)11-17(19)13(2)3/h6-11,13H,5,12H2,1-4H3,(H,22,23). The minimum Gasteiger partial charge on any atom is -0.494 e. The van der Waals surface area contributed by atoms with Gasteiger partial charge in [0, 0.05) is 10.7 Å². The number of halogens is 1. The number of nitrogens with one attached hydrogen (secondary N) is 1. The van der Waals surface area contributed by atoms with Gasteiger partial charge in [0.15, 0.2) is 6.61 Å². The van der Waals surface area contributed by atoms with E-state index in [0.717, 1.165) is 16.9 Å². The molecule has 2 aromatic carbocycles. The summed E-state index contributed by atoms with van der Waals surface area (Å²) in [5, 5.41) is 3.51. The highest BCUT2D eigenvalue weighted by atomic mass is 35.5. The first-order valence-electron chi connectivity index (χ1n) is 8.36. The number of carbonyl (C=O) groups is 1. The maximum atomic E-state index is 12.1. The molecule has 25 heavy (non-hydrogen) atoms. The van der Waals surface area contributed by atoms with Gasteiger partial charge in [-0.25, -0.2) is 0 Å². The quantitative estimate of drug-likeness (QED) is 0.738. The van der Waals surface area contributed by atoms with Crippen LogP contribution in [0.2, 0.25) is 5.02 Å². The molecule has 0 aromatic heterocycles. The number of amides is 1. The monoisotopic (exact) mass is 361 g/mol. The summed E-state index contributed by atoms with van der Waals surface area (Å²) in [5.74, 6) is 1.50. The molecule has 1 N–H and O–H groups in total. The highest BCUT2D eigenvalue weighted by molar-refractivity contribution is 6.31. The Kier molecular flexibility index (Phi) is 6.71. The predicted molar refractivity (Wildman–Crippen MR) is 102 cm³/mol.